The smallest absolute Gasteiger partial charge is 0.253 e. The number of carbonyl (C=O) groups is 1. The third-order valence-electron chi connectivity index (χ3n) is 4.24. The van der Waals surface area contributed by atoms with Crippen LogP contribution in [0.2, 0.25) is 10.0 Å². The molecule has 1 unspecified atom stereocenters. The Labute approximate surface area is 173 Å². The molecular formula is C16H13Cl2N3O3S3. The summed E-state index contributed by atoms with van der Waals surface area (Å²) in [6.07, 6.45) is 1.09. The van der Waals surface area contributed by atoms with E-state index in [0.29, 0.717) is 44.8 Å². The van der Waals surface area contributed by atoms with Crippen LogP contribution in [0.3, 0.4) is 0 Å². The van der Waals surface area contributed by atoms with Gasteiger partial charge in [-0.15, -0.1) is 11.3 Å². The maximum absolute atomic E-state index is 12.8. The molecule has 6 nitrogen and oxygen atoms in total. The number of sulfonamides is 1. The summed E-state index contributed by atoms with van der Waals surface area (Å²) in [6, 6.07) is 5.77. The van der Waals surface area contributed by atoms with E-state index >= 15 is 0 Å². The molecule has 2 aromatic heterocycles. The third-order valence-corrected chi connectivity index (χ3v) is 9.26. The van der Waals surface area contributed by atoms with Crippen LogP contribution in [0.1, 0.15) is 12.8 Å². The predicted octanol–water partition coefficient (Wildman–Crippen LogP) is 4.46. The topological polar surface area (TPSA) is 79.4 Å². The Morgan fingerprint density at radius 1 is 1.26 bits per heavy atom. The van der Waals surface area contributed by atoms with Crippen molar-refractivity contribution in [3.8, 4) is 0 Å². The molecule has 0 bridgehead atoms. The molecule has 1 amide bonds. The molecule has 0 radical (unpaired) electrons. The minimum atomic E-state index is -3.69. The number of fused-ring (bicyclic) bond motifs is 1. The van der Waals surface area contributed by atoms with Gasteiger partial charge in [0.25, 0.3) is 10.0 Å². The van der Waals surface area contributed by atoms with Crippen LogP contribution in [0, 0.1) is 0 Å². The van der Waals surface area contributed by atoms with Crippen molar-refractivity contribution in [2.45, 2.75) is 23.1 Å². The molecule has 142 valence electrons. The Hall–Kier alpha value is -1.23. The van der Waals surface area contributed by atoms with Gasteiger partial charge in [0.05, 0.1) is 14.7 Å². The highest BCUT2D eigenvalue weighted by Crippen LogP contribution is 2.36. The van der Waals surface area contributed by atoms with Crippen molar-refractivity contribution < 1.29 is 13.2 Å². The summed E-state index contributed by atoms with van der Waals surface area (Å²) >= 11 is 14.6. The monoisotopic (exact) mass is 461 g/mol. The zero-order chi connectivity index (χ0) is 19.2. The number of benzene rings is 1. The molecule has 27 heavy (non-hydrogen) atoms. The largest absolute Gasteiger partial charge is 0.301 e. The molecule has 0 spiro atoms. The molecule has 0 saturated carbocycles. The first-order chi connectivity index (χ1) is 12.9. The van der Waals surface area contributed by atoms with Crippen molar-refractivity contribution in [3.63, 3.8) is 0 Å². The Kier molecular flexibility index (Phi) is 5.17. The number of thiazole rings is 1. The van der Waals surface area contributed by atoms with E-state index in [4.69, 9.17) is 23.2 Å². The molecule has 3 heterocycles. The van der Waals surface area contributed by atoms with E-state index in [1.165, 1.54) is 15.6 Å². The minimum Gasteiger partial charge on any atom is -0.301 e. The molecule has 11 heteroatoms. The van der Waals surface area contributed by atoms with Crippen molar-refractivity contribution in [1.82, 2.24) is 9.29 Å². The lowest BCUT2D eigenvalue weighted by Gasteiger charge is -2.22. The number of hydrogen-bond acceptors (Lipinski definition) is 6. The molecule has 4 rings (SSSR count). The summed E-state index contributed by atoms with van der Waals surface area (Å²) in [5, 5.41) is 5.70. The number of aromatic nitrogens is 1. The SMILES string of the molecule is O=C(Nc1nc2c(Cl)ccc(Cl)c2s1)C1CCCN1S(=O)(=O)c1cccs1. The van der Waals surface area contributed by atoms with Crippen LogP contribution in [-0.4, -0.2) is 36.2 Å². The molecule has 1 aliphatic rings. The molecular weight excluding hydrogens is 449 g/mol. The first-order valence-electron chi connectivity index (χ1n) is 7.98. The van der Waals surface area contributed by atoms with Crippen LogP contribution in [0.4, 0.5) is 5.13 Å². The fraction of sp³-hybridized carbons (Fsp3) is 0.250. The highest BCUT2D eigenvalue weighted by Gasteiger charge is 2.40. The first-order valence-corrected chi connectivity index (χ1v) is 11.9. The molecule has 1 aromatic carbocycles. The Morgan fingerprint density at radius 3 is 2.74 bits per heavy atom. The fourth-order valence-electron chi connectivity index (χ4n) is 3.00. The predicted molar refractivity (Wildman–Crippen MR) is 110 cm³/mol. The van der Waals surface area contributed by atoms with E-state index in [9.17, 15) is 13.2 Å². The van der Waals surface area contributed by atoms with Crippen molar-refractivity contribution in [2.24, 2.45) is 0 Å². The minimum absolute atomic E-state index is 0.237. The molecule has 1 N–H and O–H groups in total. The molecule has 0 aliphatic carbocycles. The summed E-state index contributed by atoms with van der Waals surface area (Å²) in [5.74, 6) is -0.404. The van der Waals surface area contributed by atoms with Crippen LogP contribution < -0.4 is 5.32 Å². The lowest BCUT2D eigenvalue weighted by Crippen LogP contribution is -2.42. The number of nitrogens with one attached hydrogen (secondary N) is 1. The van der Waals surface area contributed by atoms with E-state index in [-0.39, 0.29) is 4.21 Å². The second-order valence-electron chi connectivity index (χ2n) is 5.92. The van der Waals surface area contributed by atoms with Gasteiger partial charge in [0.1, 0.15) is 15.8 Å². The second-order valence-corrected chi connectivity index (χ2v) is 10.8. The van der Waals surface area contributed by atoms with Crippen LogP contribution in [0.5, 0.6) is 0 Å². The number of anilines is 1. The summed E-state index contributed by atoms with van der Waals surface area (Å²) in [6.45, 7) is 0.315. The van der Waals surface area contributed by atoms with Gasteiger partial charge >= 0.3 is 0 Å². The van der Waals surface area contributed by atoms with Gasteiger partial charge < -0.3 is 5.32 Å². The van der Waals surface area contributed by atoms with Gasteiger partial charge in [-0.25, -0.2) is 13.4 Å². The van der Waals surface area contributed by atoms with E-state index in [1.807, 2.05) is 0 Å². The van der Waals surface area contributed by atoms with Crippen molar-refractivity contribution in [2.75, 3.05) is 11.9 Å². The summed E-state index contributed by atoms with van der Waals surface area (Å²) in [7, 11) is -3.69. The molecule has 1 saturated heterocycles. The van der Waals surface area contributed by atoms with E-state index in [0.717, 1.165) is 11.3 Å². The molecule has 1 aliphatic heterocycles. The maximum atomic E-state index is 12.8. The average molecular weight is 462 g/mol. The van der Waals surface area contributed by atoms with Gasteiger partial charge in [-0.3, -0.25) is 4.79 Å². The summed E-state index contributed by atoms with van der Waals surface area (Å²) in [5.41, 5.74) is 0.513. The Balaban J connectivity index is 1.59. The van der Waals surface area contributed by atoms with E-state index < -0.39 is 22.0 Å². The highest BCUT2D eigenvalue weighted by molar-refractivity contribution is 7.91. The number of carbonyl (C=O) groups excluding carboxylic acids is 1. The normalized spacial score (nSPS) is 18.2. The molecule has 3 aromatic rings. The second kappa shape index (κ2) is 7.31. The number of rotatable bonds is 4. The quantitative estimate of drug-likeness (QED) is 0.621. The van der Waals surface area contributed by atoms with Crippen molar-refractivity contribution >= 4 is 77.2 Å². The van der Waals surface area contributed by atoms with Gasteiger partial charge in [-0.1, -0.05) is 40.6 Å². The van der Waals surface area contributed by atoms with E-state index in [2.05, 4.69) is 10.3 Å². The molecule has 1 atom stereocenters. The van der Waals surface area contributed by atoms with E-state index in [1.54, 1.807) is 29.6 Å². The number of hydrogen-bond donors (Lipinski definition) is 1. The van der Waals surface area contributed by atoms with Gasteiger partial charge in [0.2, 0.25) is 5.91 Å². The molecule has 1 fully saturated rings. The zero-order valence-corrected chi connectivity index (χ0v) is 17.6. The lowest BCUT2D eigenvalue weighted by atomic mass is 10.2. The first kappa shape index (κ1) is 19.1. The average Bonchev–Trinajstić information content (AvgIpc) is 3.38. The van der Waals surface area contributed by atoms with Gasteiger partial charge in [0.15, 0.2) is 5.13 Å². The lowest BCUT2D eigenvalue weighted by molar-refractivity contribution is -0.119. The number of halogens is 2. The highest BCUT2D eigenvalue weighted by atomic mass is 35.5. The number of nitrogens with zero attached hydrogens (tertiary/aromatic N) is 2. The van der Waals surface area contributed by atoms with Crippen LogP contribution in [0.15, 0.2) is 33.9 Å². The summed E-state index contributed by atoms with van der Waals surface area (Å²) < 4.78 is 27.8. The standard InChI is InChI=1S/C16H13Cl2N3O3S3/c17-9-5-6-10(18)14-13(9)19-16(26-14)20-15(22)11-3-1-7-21(11)27(23,24)12-4-2-8-25-12/h2,4-6,8,11H,1,3,7H2,(H,19,20,22). The summed E-state index contributed by atoms with van der Waals surface area (Å²) in [4.78, 5) is 17.1. The van der Waals surface area contributed by atoms with Gasteiger partial charge in [-0.05, 0) is 36.4 Å². The zero-order valence-electron chi connectivity index (χ0n) is 13.7. The van der Waals surface area contributed by atoms with Crippen LogP contribution >= 0.6 is 45.9 Å². The third kappa shape index (κ3) is 3.48. The Bertz CT molecular complexity index is 1070. The number of amides is 1. The Morgan fingerprint density at radius 2 is 2.04 bits per heavy atom. The van der Waals surface area contributed by atoms with Gasteiger partial charge in [0, 0.05) is 6.54 Å². The van der Waals surface area contributed by atoms with Crippen molar-refractivity contribution in [3.05, 3.63) is 39.7 Å². The maximum Gasteiger partial charge on any atom is 0.253 e. The van der Waals surface area contributed by atoms with Crippen LogP contribution in [0.25, 0.3) is 10.2 Å². The van der Waals surface area contributed by atoms with Crippen LogP contribution in [-0.2, 0) is 14.8 Å². The number of thiophene rings is 1. The fourth-order valence-corrected chi connectivity index (χ4v) is 7.20. The van der Waals surface area contributed by atoms with Gasteiger partial charge in [-0.2, -0.15) is 4.31 Å². The van der Waals surface area contributed by atoms with Crippen molar-refractivity contribution in [1.29, 1.82) is 0 Å².